The van der Waals surface area contributed by atoms with Crippen molar-refractivity contribution in [2.45, 2.75) is 46.2 Å². The van der Waals surface area contributed by atoms with Crippen LogP contribution in [0.4, 0.5) is 0 Å². The largest absolute Gasteiger partial charge is 0.301 e. The number of Topliss-reactive ketones (excluding diaryl/α,β-unsaturated/α-hetero) is 1. The van der Waals surface area contributed by atoms with Crippen LogP contribution in [0.2, 0.25) is 19.0 Å². The van der Waals surface area contributed by atoms with E-state index in [1.165, 1.54) is 12.7 Å². The fraction of sp³-hybridized carbons (Fsp3) is 0.875. The van der Waals surface area contributed by atoms with Crippen LogP contribution >= 0.6 is 0 Å². The summed E-state index contributed by atoms with van der Waals surface area (Å²) in [6.45, 7) is 6.65. The predicted molar refractivity (Wildman–Crippen MR) is 46.8 cm³/mol. The molecule has 0 N–H and O–H groups in total. The molecule has 0 amide bonds. The summed E-state index contributed by atoms with van der Waals surface area (Å²) in [4.78, 5) is 10.7. The van der Waals surface area contributed by atoms with Crippen molar-refractivity contribution in [1.82, 2.24) is 0 Å². The van der Waals surface area contributed by atoms with Gasteiger partial charge in [0.1, 0.15) is 12.5 Å². The summed E-state index contributed by atoms with van der Waals surface area (Å²) in [7, 11) is 0. The Bertz CT molecular complexity index is 101. The highest BCUT2D eigenvalue weighted by molar-refractivity contribution is 6.62. The van der Waals surface area contributed by atoms with Gasteiger partial charge in [0.2, 0.25) is 0 Å². The zero-order valence-electron chi connectivity index (χ0n) is 7.31. The Balaban J connectivity index is 3.49. The van der Waals surface area contributed by atoms with Crippen molar-refractivity contribution in [3.05, 3.63) is 0 Å². The van der Waals surface area contributed by atoms with Gasteiger partial charge in [0.05, 0.1) is 0 Å². The van der Waals surface area contributed by atoms with Gasteiger partial charge in [0.15, 0.2) is 0 Å². The van der Waals surface area contributed by atoms with Crippen molar-refractivity contribution >= 4 is 12.5 Å². The van der Waals surface area contributed by atoms with Crippen LogP contribution in [0.15, 0.2) is 0 Å². The molecule has 0 heterocycles. The molecule has 10 heavy (non-hydrogen) atoms. The third-order valence-corrected chi connectivity index (χ3v) is 1.85. The van der Waals surface area contributed by atoms with Crippen LogP contribution in [-0.4, -0.2) is 12.5 Å². The first kappa shape index (κ1) is 9.73. The molecular formula is C8H17BO. The maximum absolute atomic E-state index is 10.7. The molecule has 0 atom stereocenters. The second kappa shape index (κ2) is 5.51. The summed E-state index contributed by atoms with van der Waals surface area (Å²) in [5.74, 6) is 0.334. The number of hydrogen-bond acceptors (Lipinski definition) is 1. The SMILES string of the molecule is CCCB(CC)CC(C)=O. The Morgan fingerprint density at radius 2 is 2.00 bits per heavy atom. The first-order valence-corrected chi connectivity index (χ1v) is 4.20. The van der Waals surface area contributed by atoms with Crippen LogP contribution in [0.3, 0.4) is 0 Å². The highest BCUT2D eigenvalue weighted by Gasteiger charge is 2.11. The van der Waals surface area contributed by atoms with E-state index in [0.29, 0.717) is 12.5 Å². The summed E-state index contributed by atoms with van der Waals surface area (Å²) in [5, 5.41) is 0. The van der Waals surface area contributed by atoms with E-state index in [9.17, 15) is 4.79 Å². The molecule has 0 aliphatic rings. The number of ketones is 1. The smallest absolute Gasteiger partial charge is 0.148 e. The van der Waals surface area contributed by atoms with Gasteiger partial charge in [-0.1, -0.05) is 32.9 Å². The van der Waals surface area contributed by atoms with E-state index in [1.807, 2.05) is 0 Å². The lowest BCUT2D eigenvalue weighted by atomic mass is 9.42. The normalized spacial score (nSPS) is 9.50. The van der Waals surface area contributed by atoms with Crippen molar-refractivity contribution in [3.63, 3.8) is 0 Å². The Morgan fingerprint density at radius 1 is 1.40 bits per heavy atom. The lowest BCUT2D eigenvalue weighted by Gasteiger charge is -2.05. The van der Waals surface area contributed by atoms with Crippen molar-refractivity contribution in [2.24, 2.45) is 0 Å². The van der Waals surface area contributed by atoms with E-state index in [-0.39, 0.29) is 0 Å². The molecule has 0 aromatic carbocycles. The summed E-state index contributed by atoms with van der Waals surface area (Å²) >= 11 is 0. The van der Waals surface area contributed by atoms with Gasteiger partial charge in [-0.3, -0.25) is 0 Å². The van der Waals surface area contributed by atoms with Gasteiger partial charge >= 0.3 is 0 Å². The van der Waals surface area contributed by atoms with Crippen LogP contribution in [0.1, 0.15) is 27.2 Å². The highest BCUT2D eigenvalue weighted by atomic mass is 16.1. The number of hydrogen-bond donors (Lipinski definition) is 0. The molecule has 0 unspecified atom stereocenters. The number of carbonyl (C=O) groups is 1. The molecule has 0 aromatic heterocycles. The molecule has 0 spiro atoms. The van der Waals surface area contributed by atoms with Crippen LogP contribution in [0.25, 0.3) is 0 Å². The zero-order chi connectivity index (χ0) is 7.98. The molecule has 0 aliphatic heterocycles. The average Bonchev–Trinajstić information content (AvgIpc) is 1.86. The topological polar surface area (TPSA) is 17.1 Å². The lowest BCUT2D eigenvalue weighted by Crippen LogP contribution is -2.13. The van der Waals surface area contributed by atoms with E-state index < -0.39 is 0 Å². The second-order valence-electron chi connectivity index (χ2n) is 2.97. The van der Waals surface area contributed by atoms with Crippen molar-refractivity contribution < 1.29 is 4.79 Å². The van der Waals surface area contributed by atoms with Crippen molar-refractivity contribution in [2.75, 3.05) is 0 Å². The minimum atomic E-state index is 0.334. The molecule has 0 radical (unpaired) electrons. The molecule has 0 saturated carbocycles. The average molecular weight is 140 g/mol. The van der Waals surface area contributed by atoms with Gasteiger partial charge in [-0.25, -0.2) is 0 Å². The maximum Gasteiger partial charge on any atom is 0.148 e. The van der Waals surface area contributed by atoms with E-state index in [0.717, 1.165) is 12.6 Å². The predicted octanol–water partition coefficient (Wildman–Crippen LogP) is 2.50. The summed E-state index contributed by atoms with van der Waals surface area (Å²) in [6, 6.07) is 0. The molecule has 58 valence electrons. The minimum Gasteiger partial charge on any atom is -0.301 e. The quantitative estimate of drug-likeness (QED) is 0.536. The summed E-state index contributed by atoms with van der Waals surface area (Å²) in [6.07, 6.45) is 4.33. The van der Waals surface area contributed by atoms with Crippen LogP contribution < -0.4 is 0 Å². The zero-order valence-corrected chi connectivity index (χ0v) is 7.31. The fourth-order valence-corrected chi connectivity index (χ4v) is 1.27. The van der Waals surface area contributed by atoms with E-state index in [2.05, 4.69) is 13.8 Å². The Hall–Kier alpha value is -0.265. The Morgan fingerprint density at radius 3 is 2.30 bits per heavy atom. The van der Waals surface area contributed by atoms with Gasteiger partial charge in [0, 0.05) is 0 Å². The van der Waals surface area contributed by atoms with Crippen molar-refractivity contribution in [3.8, 4) is 0 Å². The standard InChI is InChI=1S/C8H17BO/c1-4-6-9(5-2)7-8(3)10/h4-7H2,1-3H3. The third kappa shape index (κ3) is 4.60. The number of carbonyl (C=O) groups excluding carboxylic acids is 1. The molecule has 0 saturated heterocycles. The molecule has 2 heteroatoms. The van der Waals surface area contributed by atoms with Gasteiger partial charge in [-0.2, -0.15) is 0 Å². The van der Waals surface area contributed by atoms with Crippen LogP contribution in [-0.2, 0) is 4.79 Å². The van der Waals surface area contributed by atoms with Crippen molar-refractivity contribution in [1.29, 1.82) is 0 Å². The van der Waals surface area contributed by atoms with E-state index >= 15 is 0 Å². The Labute approximate surface area is 64.3 Å². The first-order valence-electron chi connectivity index (χ1n) is 4.20. The molecule has 0 aromatic rings. The lowest BCUT2D eigenvalue weighted by molar-refractivity contribution is -0.115. The minimum absolute atomic E-state index is 0.334. The van der Waals surface area contributed by atoms with Crippen LogP contribution in [0, 0.1) is 0 Å². The maximum atomic E-state index is 10.7. The van der Waals surface area contributed by atoms with Gasteiger partial charge in [-0.15, -0.1) is 0 Å². The number of rotatable bonds is 5. The monoisotopic (exact) mass is 140 g/mol. The van der Waals surface area contributed by atoms with Gasteiger partial charge in [0.25, 0.3) is 0 Å². The first-order chi connectivity index (χ1) is 4.70. The third-order valence-electron chi connectivity index (χ3n) is 1.85. The second-order valence-corrected chi connectivity index (χ2v) is 2.97. The van der Waals surface area contributed by atoms with E-state index in [1.54, 1.807) is 6.92 Å². The summed E-state index contributed by atoms with van der Waals surface area (Å²) in [5.41, 5.74) is 0. The Kier molecular flexibility index (Phi) is 5.37. The molecule has 1 nitrogen and oxygen atoms in total. The highest BCUT2D eigenvalue weighted by Crippen LogP contribution is 2.07. The molecule has 0 aliphatic carbocycles. The molecule has 0 bridgehead atoms. The molecule has 0 rings (SSSR count). The van der Waals surface area contributed by atoms with Gasteiger partial charge < -0.3 is 4.79 Å². The van der Waals surface area contributed by atoms with E-state index in [4.69, 9.17) is 0 Å². The fourth-order valence-electron chi connectivity index (χ4n) is 1.27. The molecule has 0 fully saturated rings. The van der Waals surface area contributed by atoms with Crippen LogP contribution in [0.5, 0.6) is 0 Å². The van der Waals surface area contributed by atoms with Gasteiger partial charge in [-0.05, 0) is 13.2 Å². The molecular weight excluding hydrogens is 123 g/mol. The summed E-state index contributed by atoms with van der Waals surface area (Å²) < 4.78 is 0.